The molecule has 0 saturated heterocycles. The summed E-state index contributed by atoms with van der Waals surface area (Å²) in [5, 5.41) is 0. The molecule has 0 spiro atoms. The maximum Gasteiger partial charge on any atom is 0 e. The van der Waals surface area contributed by atoms with Crippen molar-refractivity contribution in [2.75, 3.05) is 0 Å². The van der Waals surface area contributed by atoms with Gasteiger partial charge >= 0.3 is 0 Å². The Labute approximate surface area is 276 Å². The number of hydrogen-bond acceptors (Lipinski definition) is 0. The van der Waals surface area contributed by atoms with E-state index in [1.807, 2.05) is 0 Å². The molecule has 0 aliphatic heterocycles. The van der Waals surface area contributed by atoms with Crippen molar-refractivity contribution in [2.45, 2.75) is 144 Å². The Balaban J connectivity index is 0.000000287. The van der Waals surface area contributed by atoms with E-state index in [4.69, 9.17) is 9.15 Å². The van der Waals surface area contributed by atoms with Gasteiger partial charge in [0.2, 0.25) is 0 Å². The number of rotatable bonds is 1. The van der Waals surface area contributed by atoms with Crippen LogP contribution in [0.3, 0.4) is 0 Å². The van der Waals surface area contributed by atoms with E-state index >= 15 is 0 Å². The highest BCUT2D eigenvalue weighted by molar-refractivity contribution is 5.31. The summed E-state index contributed by atoms with van der Waals surface area (Å²) in [7, 11) is 0. The Morgan fingerprint density at radius 2 is 0.800 bits per heavy atom. The number of benzene rings is 3. The van der Waals surface area contributed by atoms with Gasteiger partial charge in [-0.1, -0.05) is 171 Å². The molecule has 250 valence electrons. The number of halogens is 2. The monoisotopic (exact) mass is 618 g/mol. The minimum Gasteiger partial charge on any atom is -0.0885 e. The molecule has 6 rings (SSSR count). The molecule has 0 atom stereocenters. The van der Waals surface area contributed by atoms with Gasteiger partial charge in [0, 0.05) is 9.15 Å². The summed E-state index contributed by atoms with van der Waals surface area (Å²) in [5.41, 5.74) is 9.78. The predicted octanol–water partition coefficient (Wildman–Crippen LogP) is 14.5. The highest BCUT2D eigenvalue weighted by Gasteiger charge is 2.15. The fraction of sp³-hybridized carbons (Fsp3) is 0.535. The summed E-state index contributed by atoms with van der Waals surface area (Å²) in [6.07, 6.45) is 24.6. The average molecular weight is 619 g/mol. The summed E-state index contributed by atoms with van der Waals surface area (Å²) >= 11 is 0. The molecule has 2 saturated carbocycles. The van der Waals surface area contributed by atoms with Crippen molar-refractivity contribution >= 4 is 0 Å². The van der Waals surface area contributed by atoms with Crippen molar-refractivity contribution in [1.29, 1.82) is 0 Å². The molecule has 0 bridgehead atoms. The first-order valence-electron chi connectivity index (χ1n) is 17.7. The molecule has 0 amide bonds. The molecule has 3 aliphatic carbocycles. The molecule has 0 unspecified atom stereocenters. The summed E-state index contributed by atoms with van der Waals surface area (Å²) in [6.45, 7) is 15.2. The first kappa shape index (κ1) is 40.3. The normalized spacial score (nSPS) is 15.9. The summed E-state index contributed by atoms with van der Waals surface area (Å²) in [6, 6.07) is 23.9. The molecule has 2 fully saturated rings. The Kier molecular flexibility index (Phi) is 22.8. The number of allylic oxidation sites excluding steroid dienone is 2. The van der Waals surface area contributed by atoms with Gasteiger partial charge in [0.05, 0.1) is 0 Å². The predicted molar refractivity (Wildman–Crippen MR) is 196 cm³/mol. The van der Waals surface area contributed by atoms with Crippen molar-refractivity contribution in [2.24, 2.45) is 5.92 Å². The van der Waals surface area contributed by atoms with E-state index in [-0.39, 0.29) is 0 Å². The van der Waals surface area contributed by atoms with Gasteiger partial charge in [-0.15, -0.1) is 0 Å². The highest BCUT2D eigenvalue weighted by atomic mass is 20.0. The van der Waals surface area contributed by atoms with E-state index in [1.54, 1.807) is 5.56 Å². The Bertz CT molecular complexity index is 1060. The second-order valence-corrected chi connectivity index (χ2v) is 13.6. The molecule has 45 heavy (non-hydrogen) atoms. The van der Waals surface area contributed by atoms with Crippen molar-refractivity contribution in [3.05, 3.63) is 118 Å². The van der Waals surface area contributed by atoms with Crippen LogP contribution < -0.4 is 0 Å². The topological polar surface area (TPSA) is 0 Å². The third-order valence-electron chi connectivity index (χ3n) is 8.72. The van der Waals surface area contributed by atoms with Crippen LogP contribution >= 0.6 is 0 Å². The number of aryl methyl sites for hydroxylation is 6. The lowest BCUT2D eigenvalue weighted by Gasteiger charge is -2.22. The molecule has 0 aromatic heterocycles. The van der Waals surface area contributed by atoms with Crippen molar-refractivity contribution in [3.8, 4) is 0 Å². The third-order valence-corrected chi connectivity index (χ3v) is 8.72. The van der Waals surface area contributed by atoms with Gasteiger partial charge in [0.15, 0.2) is 0 Å². The van der Waals surface area contributed by atoms with E-state index in [9.17, 15) is 0 Å². The van der Waals surface area contributed by atoms with Crippen molar-refractivity contribution in [3.63, 3.8) is 0 Å². The maximum absolute atomic E-state index is 8.00. The Morgan fingerprint density at radius 1 is 0.444 bits per heavy atom. The van der Waals surface area contributed by atoms with E-state index in [2.05, 4.69) is 127 Å². The lowest BCUT2D eigenvalue weighted by Crippen LogP contribution is -2.04. The van der Waals surface area contributed by atoms with Crippen LogP contribution in [0.15, 0.2) is 78.9 Å². The van der Waals surface area contributed by atoms with Crippen LogP contribution in [-0.2, 0) is 0 Å². The van der Waals surface area contributed by atoms with Gasteiger partial charge in [0.1, 0.15) is 0 Å². The number of hydrogen-bond donors (Lipinski definition) is 0. The third kappa shape index (κ3) is 20.8. The molecule has 0 radical (unpaired) electrons. The standard InChI is InChI=1S/C14H20.2C8H10.C7H14.C6H10.F2/c1-11-8-12(2)10-14(9-11)13-6-4-3-5-7-13;2*1-7-4-3-5-8(2)6-7;1-7-5-3-2-4-6-7;1-2-4-6-5-3-1;1-2/h8-10,13H,3-7H2,1-2H3;2*3-6H,1-2H3;7H,2-6H2,1H3;1-2H,3-6H2;. The molecule has 0 heterocycles. The van der Waals surface area contributed by atoms with Crippen LogP contribution in [0.1, 0.15) is 142 Å². The van der Waals surface area contributed by atoms with Gasteiger partial charge in [-0.2, -0.15) is 0 Å². The molecule has 2 heteroatoms. The SMILES string of the molecule is C1=CCCCC1.CC1CCCCC1.Cc1cc(C)cc(C2CCCCC2)c1.Cc1cccc(C)c1.Cc1cccc(C)c1.FF. The van der Waals surface area contributed by atoms with Gasteiger partial charge in [-0.25, -0.2) is 0 Å². The van der Waals surface area contributed by atoms with Crippen molar-refractivity contribution in [1.82, 2.24) is 0 Å². The first-order valence-corrected chi connectivity index (χ1v) is 17.7. The first-order chi connectivity index (χ1) is 21.7. The van der Waals surface area contributed by atoms with E-state index in [0.717, 1.165) is 11.8 Å². The van der Waals surface area contributed by atoms with Gasteiger partial charge in [0.25, 0.3) is 0 Å². The van der Waals surface area contributed by atoms with Crippen LogP contribution in [0.2, 0.25) is 0 Å². The van der Waals surface area contributed by atoms with Crippen LogP contribution in [0.25, 0.3) is 0 Å². The summed E-state index contributed by atoms with van der Waals surface area (Å²) < 4.78 is 16.0. The minimum absolute atomic E-state index is 0.849. The molecule has 3 aliphatic rings. The van der Waals surface area contributed by atoms with Crippen LogP contribution in [0, 0.1) is 47.5 Å². The fourth-order valence-electron chi connectivity index (χ4n) is 6.36. The maximum atomic E-state index is 8.00. The summed E-state index contributed by atoms with van der Waals surface area (Å²) in [5.74, 6) is 1.89. The fourth-order valence-corrected chi connectivity index (χ4v) is 6.36. The Hall–Kier alpha value is -2.74. The molecule has 3 aromatic carbocycles. The van der Waals surface area contributed by atoms with Crippen LogP contribution in [0.5, 0.6) is 0 Å². The van der Waals surface area contributed by atoms with Gasteiger partial charge in [-0.3, -0.25) is 0 Å². The second-order valence-electron chi connectivity index (χ2n) is 13.6. The van der Waals surface area contributed by atoms with Crippen LogP contribution in [0.4, 0.5) is 9.15 Å². The highest BCUT2D eigenvalue weighted by Crippen LogP contribution is 2.33. The van der Waals surface area contributed by atoms with Gasteiger partial charge in [-0.05, 0) is 97.5 Å². The lowest BCUT2D eigenvalue weighted by atomic mass is 9.83. The largest absolute Gasteiger partial charge is 0.0885 e. The molecule has 0 N–H and O–H groups in total. The molecular formula is C43H64F2. The zero-order valence-electron chi connectivity index (χ0n) is 29.8. The minimum atomic E-state index is 0.849. The van der Waals surface area contributed by atoms with Crippen molar-refractivity contribution < 1.29 is 9.15 Å². The Morgan fingerprint density at radius 3 is 1.07 bits per heavy atom. The molecular weight excluding hydrogens is 554 g/mol. The zero-order chi connectivity index (χ0) is 33.3. The van der Waals surface area contributed by atoms with E-state index < -0.39 is 0 Å². The van der Waals surface area contributed by atoms with Crippen LogP contribution in [-0.4, -0.2) is 0 Å². The smallest absolute Gasteiger partial charge is 0 e. The molecule has 0 nitrogen and oxygen atoms in total. The summed E-state index contributed by atoms with van der Waals surface area (Å²) in [4.78, 5) is 0. The lowest BCUT2D eigenvalue weighted by molar-refractivity contribution is 0.108. The van der Waals surface area contributed by atoms with E-state index in [0.29, 0.717) is 0 Å². The average Bonchev–Trinajstić information content (AvgIpc) is 3.04. The quantitative estimate of drug-likeness (QED) is 0.238. The van der Waals surface area contributed by atoms with Gasteiger partial charge < -0.3 is 0 Å². The molecule has 3 aromatic rings. The second kappa shape index (κ2) is 25.5. The zero-order valence-corrected chi connectivity index (χ0v) is 29.8. The van der Waals surface area contributed by atoms with E-state index in [1.165, 1.54) is 123 Å².